The van der Waals surface area contributed by atoms with Gasteiger partial charge in [0, 0.05) is 23.6 Å². The number of rotatable bonds is 5. The molecule has 6 heteroatoms. The molecule has 0 saturated heterocycles. The van der Waals surface area contributed by atoms with Crippen LogP contribution in [0.1, 0.15) is 42.1 Å². The number of nitrogens with zero attached hydrogens (tertiary/aromatic N) is 1. The van der Waals surface area contributed by atoms with Crippen LogP contribution in [0.2, 0.25) is 0 Å². The zero-order valence-corrected chi connectivity index (χ0v) is 23.5. The van der Waals surface area contributed by atoms with Crippen LogP contribution in [-0.2, 0) is 12.8 Å². The summed E-state index contributed by atoms with van der Waals surface area (Å²) in [6.07, 6.45) is 9.55. The van der Waals surface area contributed by atoms with Gasteiger partial charge in [-0.05, 0) is 53.7 Å². The van der Waals surface area contributed by atoms with Crippen LogP contribution in [0.25, 0.3) is 10.8 Å². The van der Waals surface area contributed by atoms with Gasteiger partial charge >= 0.3 is 103 Å². The van der Waals surface area contributed by atoms with Crippen molar-refractivity contribution in [3.63, 3.8) is 0 Å². The molecule has 0 aliphatic heterocycles. The van der Waals surface area contributed by atoms with Gasteiger partial charge in [0.15, 0.2) is 0 Å². The van der Waals surface area contributed by atoms with Gasteiger partial charge in [0.1, 0.15) is 0 Å². The molecule has 0 unspecified atom stereocenters. The molecule has 0 aliphatic carbocycles. The van der Waals surface area contributed by atoms with Gasteiger partial charge in [0.2, 0.25) is 0 Å². The molecule has 0 N–H and O–H groups in total. The second-order valence-corrected chi connectivity index (χ2v) is 6.18. The molecule has 0 atom stereocenters. The SMILES string of the molecule is C#Cc1ccc2ccnc(Cc3ccc(CCCC)cc3)c2c1.O=C([O-])[O-].[K+].[K+]. The minimum atomic E-state index is -2.33. The smallest absolute Gasteiger partial charge is 0.652 e. The zero-order valence-electron chi connectivity index (χ0n) is 17.3. The van der Waals surface area contributed by atoms with Crippen LogP contribution in [-0.4, -0.2) is 11.1 Å². The molecular formula is C23H21K2NO3. The van der Waals surface area contributed by atoms with Gasteiger partial charge in [-0.1, -0.05) is 49.6 Å². The maximum absolute atomic E-state index is 8.33. The van der Waals surface area contributed by atoms with Crippen LogP contribution in [0, 0.1) is 12.3 Å². The molecule has 0 amide bonds. The summed E-state index contributed by atoms with van der Waals surface area (Å²) in [6.45, 7) is 2.23. The van der Waals surface area contributed by atoms with Crippen LogP contribution in [0.5, 0.6) is 0 Å². The zero-order chi connectivity index (χ0) is 19.6. The van der Waals surface area contributed by atoms with Gasteiger partial charge < -0.3 is 15.0 Å². The standard InChI is InChI=1S/C22H21N.CH2O3.2K/c1-3-5-6-18-7-9-19(10-8-18)16-22-21-15-17(4-2)11-12-20(21)13-14-23-22;2-1(3)4;;/h2,7-15H,3,5-6,16H2,1H3;(H2,2,3,4);;/q;;2*+1/p-2. The summed E-state index contributed by atoms with van der Waals surface area (Å²) in [4.78, 5) is 12.9. The first-order valence-electron chi connectivity index (χ1n) is 8.83. The number of terminal acetylenes is 1. The fourth-order valence-electron chi connectivity index (χ4n) is 2.86. The maximum atomic E-state index is 8.33. The number of unbranched alkanes of at least 4 members (excludes halogenated alkanes) is 1. The van der Waals surface area contributed by atoms with E-state index in [9.17, 15) is 0 Å². The van der Waals surface area contributed by atoms with E-state index in [1.165, 1.54) is 29.4 Å². The number of hydrogen-bond donors (Lipinski definition) is 0. The van der Waals surface area contributed by atoms with E-state index in [1.54, 1.807) is 0 Å². The topological polar surface area (TPSA) is 76.1 Å². The summed E-state index contributed by atoms with van der Waals surface area (Å²) in [5.74, 6) is 2.71. The van der Waals surface area contributed by atoms with E-state index >= 15 is 0 Å². The molecule has 1 heterocycles. The average molecular weight is 438 g/mol. The van der Waals surface area contributed by atoms with E-state index in [-0.39, 0.29) is 103 Å². The Hall–Kier alpha value is -0.0473. The van der Waals surface area contributed by atoms with Crippen molar-refractivity contribution in [2.24, 2.45) is 0 Å². The Morgan fingerprint density at radius 3 is 2.24 bits per heavy atom. The largest absolute Gasteiger partial charge is 1.00 e. The van der Waals surface area contributed by atoms with Crippen LogP contribution in [0.4, 0.5) is 4.79 Å². The third kappa shape index (κ3) is 10.2. The molecule has 0 saturated carbocycles. The van der Waals surface area contributed by atoms with E-state index in [0.717, 1.165) is 29.5 Å². The fraction of sp³-hybridized carbons (Fsp3) is 0.217. The van der Waals surface area contributed by atoms with E-state index < -0.39 is 6.16 Å². The predicted octanol–water partition coefficient (Wildman–Crippen LogP) is -3.29. The number of carbonyl (C=O) groups excluding carboxylic acids is 1. The minimum absolute atomic E-state index is 0. The molecular weight excluding hydrogens is 416 g/mol. The van der Waals surface area contributed by atoms with Crippen molar-refractivity contribution in [1.29, 1.82) is 0 Å². The Bertz CT molecular complexity index is 946. The number of carboxylic acid groups (broad SMARTS) is 2. The van der Waals surface area contributed by atoms with Gasteiger partial charge in [0.05, 0.1) is 5.69 Å². The van der Waals surface area contributed by atoms with Crippen molar-refractivity contribution < 1.29 is 118 Å². The summed E-state index contributed by atoms with van der Waals surface area (Å²) >= 11 is 0. The Balaban J connectivity index is 0.00000120. The summed E-state index contributed by atoms with van der Waals surface area (Å²) in [5.41, 5.74) is 4.69. The molecule has 29 heavy (non-hydrogen) atoms. The molecule has 0 fully saturated rings. The Morgan fingerprint density at radius 2 is 1.66 bits per heavy atom. The van der Waals surface area contributed by atoms with Gasteiger partial charge in [0.25, 0.3) is 0 Å². The number of hydrogen-bond acceptors (Lipinski definition) is 4. The van der Waals surface area contributed by atoms with Gasteiger partial charge in [-0.25, -0.2) is 0 Å². The van der Waals surface area contributed by atoms with E-state index in [1.807, 2.05) is 18.3 Å². The molecule has 0 bridgehead atoms. The minimum Gasteiger partial charge on any atom is -0.652 e. The Morgan fingerprint density at radius 1 is 1.03 bits per heavy atom. The fourth-order valence-corrected chi connectivity index (χ4v) is 2.86. The molecule has 1 aromatic heterocycles. The number of carbonyl (C=O) groups is 1. The molecule has 138 valence electrons. The van der Waals surface area contributed by atoms with E-state index in [0.29, 0.717) is 0 Å². The van der Waals surface area contributed by atoms with Crippen LogP contribution >= 0.6 is 0 Å². The van der Waals surface area contributed by atoms with Crippen molar-refractivity contribution in [2.75, 3.05) is 0 Å². The average Bonchev–Trinajstić information content (AvgIpc) is 2.67. The molecule has 0 spiro atoms. The molecule has 3 rings (SSSR count). The van der Waals surface area contributed by atoms with Crippen molar-refractivity contribution in [3.05, 3.63) is 77.1 Å². The first-order chi connectivity index (χ1) is 13.0. The third-order valence-electron chi connectivity index (χ3n) is 4.23. The number of aryl methyl sites for hydroxylation is 1. The summed E-state index contributed by atoms with van der Waals surface area (Å²) in [7, 11) is 0. The number of fused-ring (bicyclic) bond motifs is 1. The van der Waals surface area contributed by atoms with E-state index in [4.69, 9.17) is 21.4 Å². The number of benzene rings is 2. The molecule has 0 aliphatic rings. The van der Waals surface area contributed by atoms with Crippen LogP contribution in [0.15, 0.2) is 54.7 Å². The number of aromatic nitrogens is 1. The van der Waals surface area contributed by atoms with Crippen LogP contribution in [0.3, 0.4) is 0 Å². The number of pyridine rings is 1. The normalized spacial score (nSPS) is 9.24. The van der Waals surface area contributed by atoms with Gasteiger partial charge in [-0.3, -0.25) is 4.98 Å². The second kappa shape index (κ2) is 15.7. The predicted molar refractivity (Wildman–Crippen MR) is 103 cm³/mol. The molecule has 0 radical (unpaired) electrons. The summed E-state index contributed by atoms with van der Waals surface area (Å²) < 4.78 is 0. The molecule has 2 aromatic carbocycles. The second-order valence-electron chi connectivity index (χ2n) is 6.18. The Labute approximate surface area is 257 Å². The Kier molecular flexibility index (Phi) is 15.7. The van der Waals surface area contributed by atoms with Gasteiger partial charge in [-0.2, -0.15) is 0 Å². The molecule has 3 aromatic rings. The van der Waals surface area contributed by atoms with E-state index in [2.05, 4.69) is 54.2 Å². The van der Waals surface area contributed by atoms with Crippen molar-refractivity contribution >= 4 is 16.9 Å². The van der Waals surface area contributed by atoms with Crippen molar-refractivity contribution in [3.8, 4) is 12.3 Å². The van der Waals surface area contributed by atoms with Crippen molar-refractivity contribution in [1.82, 2.24) is 4.98 Å². The first-order valence-corrected chi connectivity index (χ1v) is 8.83. The third-order valence-corrected chi connectivity index (χ3v) is 4.23. The van der Waals surface area contributed by atoms with Crippen LogP contribution < -0.4 is 113 Å². The molecule has 4 nitrogen and oxygen atoms in total. The van der Waals surface area contributed by atoms with Gasteiger partial charge in [-0.15, -0.1) is 6.42 Å². The quantitative estimate of drug-likeness (QED) is 0.310. The summed E-state index contributed by atoms with van der Waals surface area (Å²) in [6, 6.07) is 17.1. The first kappa shape index (κ1) is 29.0. The maximum Gasteiger partial charge on any atom is 1.00 e. The van der Waals surface area contributed by atoms with Crippen molar-refractivity contribution in [2.45, 2.75) is 32.6 Å². The monoisotopic (exact) mass is 437 g/mol. The summed E-state index contributed by atoms with van der Waals surface area (Å²) in [5, 5.41) is 19.0.